The van der Waals surface area contributed by atoms with Crippen molar-refractivity contribution in [2.45, 2.75) is 32.7 Å². The van der Waals surface area contributed by atoms with E-state index >= 15 is 0 Å². The number of aliphatic hydroxyl groups is 1. The fourth-order valence-corrected chi connectivity index (χ4v) is 2.02. The van der Waals surface area contributed by atoms with Gasteiger partial charge in [0.15, 0.2) is 0 Å². The minimum absolute atomic E-state index is 0.0365. The summed E-state index contributed by atoms with van der Waals surface area (Å²) in [6.45, 7) is 4.91. The van der Waals surface area contributed by atoms with E-state index in [0.717, 1.165) is 18.4 Å². The van der Waals surface area contributed by atoms with Gasteiger partial charge in [-0.2, -0.15) is 0 Å². The van der Waals surface area contributed by atoms with E-state index in [1.165, 1.54) is 0 Å². The molecule has 0 aliphatic carbocycles. The van der Waals surface area contributed by atoms with Gasteiger partial charge in [0.25, 0.3) is 0 Å². The molecule has 4 nitrogen and oxygen atoms in total. The van der Waals surface area contributed by atoms with Crippen molar-refractivity contribution < 1.29 is 15.0 Å². The van der Waals surface area contributed by atoms with E-state index in [2.05, 4.69) is 19.2 Å². The van der Waals surface area contributed by atoms with Crippen LogP contribution in [0, 0.1) is 5.41 Å². The number of nitrogens with one attached hydrogen (secondary N) is 1. The normalized spacial score (nSPS) is 13.2. The van der Waals surface area contributed by atoms with Crippen LogP contribution in [-0.2, 0) is 4.79 Å². The highest BCUT2D eigenvalue weighted by Crippen LogP contribution is 2.23. The molecule has 0 saturated carbocycles. The summed E-state index contributed by atoms with van der Waals surface area (Å²) in [4.78, 5) is 11.3. The predicted molar refractivity (Wildman–Crippen MR) is 74.9 cm³/mol. The van der Waals surface area contributed by atoms with Gasteiger partial charge in [-0.3, -0.25) is 4.79 Å². The number of aliphatic carboxylic acids is 1. The SMILES string of the molecule is CC(C)(CCCO)CNC(C(=O)O)c1ccccc1. The number of carbonyl (C=O) groups is 1. The molecule has 0 saturated heterocycles. The minimum atomic E-state index is -0.871. The summed E-state index contributed by atoms with van der Waals surface area (Å²) in [6.07, 6.45) is 1.59. The zero-order chi connectivity index (χ0) is 14.3. The number of carboxylic acids is 1. The quantitative estimate of drug-likeness (QED) is 0.674. The Labute approximate surface area is 114 Å². The summed E-state index contributed by atoms with van der Waals surface area (Å²) < 4.78 is 0. The van der Waals surface area contributed by atoms with Crippen LogP contribution >= 0.6 is 0 Å². The van der Waals surface area contributed by atoms with Crippen LogP contribution in [0.5, 0.6) is 0 Å². The third-order valence-corrected chi connectivity index (χ3v) is 3.18. The van der Waals surface area contributed by atoms with Crippen LogP contribution < -0.4 is 5.32 Å². The lowest BCUT2D eigenvalue weighted by Gasteiger charge is -2.27. The van der Waals surface area contributed by atoms with Crippen molar-refractivity contribution in [3.05, 3.63) is 35.9 Å². The Kier molecular flexibility index (Phi) is 5.99. The third-order valence-electron chi connectivity index (χ3n) is 3.18. The molecule has 0 radical (unpaired) electrons. The third kappa shape index (κ3) is 5.41. The fraction of sp³-hybridized carbons (Fsp3) is 0.533. The van der Waals surface area contributed by atoms with Crippen molar-refractivity contribution in [3.63, 3.8) is 0 Å². The van der Waals surface area contributed by atoms with E-state index in [9.17, 15) is 9.90 Å². The van der Waals surface area contributed by atoms with Crippen LogP contribution in [0.1, 0.15) is 38.3 Å². The molecule has 4 heteroatoms. The molecule has 0 heterocycles. The van der Waals surface area contributed by atoms with E-state index in [1.54, 1.807) is 0 Å². The second kappa shape index (κ2) is 7.26. The lowest BCUT2D eigenvalue weighted by Crippen LogP contribution is -2.36. The maximum atomic E-state index is 11.3. The Morgan fingerprint density at radius 2 is 1.95 bits per heavy atom. The molecule has 19 heavy (non-hydrogen) atoms. The smallest absolute Gasteiger partial charge is 0.325 e. The van der Waals surface area contributed by atoms with Gasteiger partial charge < -0.3 is 15.5 Å². The molecular weight excluding hydrogens is 242 g/mol. The van der Waals surface area contributed by atoms with Gasteiger partial charge >= 0.3 is 5.97 Å². The zero-order valence-corrected chi connectivity index (χ0v) is 11.6. The molecule has 1 atom stereocenters. The van der Waals surface area contributed by atoms with Gasteiger partial charge in [-0.25, -0.2) is 0 Å². The van der Waals surface area contributed by atoms with Crippen LogP contribution in [0.15, 0.2) is 30.3 Å². The Morgan fingerprint density at radius 3 is 2.47 bits per heavy atom. The summed E-state index contributed by atoms with van der Waals surface area (Å²) in [5.41, 5.74) is 0.721. The summed E-state index contributed by atoms with van der Waals surface area (Å²) in [5.74, 6) is -0.871. The first kappa shape index (κ1) is 15.7. The molecule has 3 N–H and O–H groups in total. The molecule has 0 aliphatic rings. The van der Waals surface area contributed by atoms with Gasteiger partial charge in [0, 0.05) is 13.2 Å². The average Bonchev–Trinajstić information content (AvgIpc) is 2.37. The Balaban J connectivity index is 2.63. The minimum Gasteiger partial charge on any atom is -0.480 e. The standard InChI is InChI=1S/C15H23NO3/c1-15(2,9-6-10-17)11-16-13(14(18)19)12-7-4-3-5-8-12/h3-5,7-8,13,16-17H,6,9-11H2,1-2H3,(H,18,19). The molecule has 0 spiro atoms. The molecular formula is C15H23NO3. The monoisotopic (exact) mass is 265 g/mol. The first-order valence-electron chi connectivity index (χ1n) is 6.58. The van der Waals surface area contributed by atoms with Gasteiger partial charge in [-0.05, 0) is 23.8 Å². The molecule has 106 valence electrons. The number of hydrogen-bond donors (Lipinski definition) is 3. The van der Waals surface area contributed by atoms with Crippen molar-refractivity contribution >= 4 is 5.97 Å². The number of carboxylic acid groups (broad SMARTS) is 1. The molecule has 1 aromatic carbocycles. The second-order valence-electron chi connectivity index (χ2n) is 5.55. The Morgan fingerprint density at radius 1 is 1.32 bits per heavy atom. The largest absolute Gasteiger partial charge is 0.480 e. The van der Waals surface area contributed by atoms with E-state index in [4.69, 9.17) is 5.11 Å². The van der Waals surface area contributed by atoms with E-state index < -0.39 is 12.0 Å². The molecule has 0 aliphatic heterocycles. The molecule has 1 rings (SSSR count). The van der Waals surface area contributed by atoms with Crippen LogP contribution in [0.4, 0.5) is 0 Å². The van der Waals surface area contributed by atoms with Gasteiger partial charge in [0.2, 0.25) is 0 Å². The van der Waals surface area contributed by atoms with Crippen LogP contribution in [-0.4, -0.2) is 29.3 Å². The summed E-state index contributed by atoms with van der Waals surface area (Å²) in [7, 11) is 0. The molecule has 0 amide bonds. The van der Waals surface area contributed by atoms with E-state index in [-0.39, 0.29) is 12.0 Å². The highest BCUT2D eigenvalue weighted by molar-refractivity contribution is 5.75. The zero-order valence-electron chi connectivity index (χ0n) is 11.6. The van der Waals surface area contributed by atoms with Crippen molar-refractivity contribution in [2.24, 2.45) is 5.41 Å². The summed E-state index contributed by atoms with van der Waals surface area (Å²) >= 11 is 0. The van der Waals surface area contributed by atoms with E-state index in [1.807, 2.05) is 30.3 Å². The second-order valence-corrected chi connectivity index (χ2v) is 5.55. The summed E-state index contributed by atoms with van der Waals surface area (Å²) in [6, 6.07) is 8.48. The molecule has 0 fully saturated rings. The lowest BCUT2D eigenvalue weighted by molar-refractivity contribution is -0.139. The Bertz CT molecular complexity index is 390. The lowest BCUT2D eigenvalue weighted by atomic mass is 9.87. The van der Waals surface area contributed by atoms with Crippen LogP contribution in [0.25, 0.3) is 0 Å². The van der Waals surface area contributed by atoms with E-state index in [0.29, 0.717) is 6.54 Å². The van der Waals surface area contributed by atoms with Crippen molar-refractivity contribution in [3.8, 4) is 0 Å². The first-order valence-corrected chi connectivity index (χ1v) is 6.58. The summed E-state index contributed by atoms with van der Waals surface area (Å²) in [5, 5.41) is 21.3. The number of benzene rings is 1. The van der Waals surface area contributed by atoms with Gasteiger partial charge in [-0.15, -0.1) is 0 Å². The molecule has 1 unspecified atom stereocenters. The highest BCUT2D eigenvalue weighted by atomic mass is 16.4. The highest BCUT2D eigenvalue weighted by Gasteiger charge is 2.23. The number of hydrogen-bond acceptors (Lipinski definition) is 3. The average molecular weight is 265 g/mol. The van der Waals surface area contributed by atoms with Crippen molar-refractivity contribution in [2.75, 3.05) is 13.2 Å². The molecule has 0 aromatic heterocycles. The van der Waals surface area contributed by atoms with Crippen molar-refractivity contribution in [1.82, 2.24) is 5.32 Å². The van der Waals surface area contributed by atoms with Crippen LogP contribution in [0.2, 0.25) is 0 Å². The maximum Gasteiger partial charge on any atom is 0.325 e. The molecule has 1 aromatic rings. The topological polar surface area (TPSA) is 69.6 Å². The number of rotatable bonds is 8. The predicted octanol–water partition coefficient (Wildman–Crippen LogP) is 2.20. The van der Waals surface area contributed by atoms with Gasteiger partial charge in [-0.1, -0.05) is 44.2 Å². The van der Waals surface area contributed by atoms with Crippen LogP contribution in [0.3, 0.4) is 0 Å². The van der Waals surface area contributed by atoms with Crippen molar-refractivity contribution in [1.29, 1.82) is 0 Å². The Hall–Kier alpha value is -1.39. The van der Waals surface area contributed by atoms with Gasteiger partial charge in [0.05, 0.1) is 0 Å². The first-order chi connectivity index (χ1) is 8.96. The maximum absolute atomic E-state index is 11.3. The number of aliphatic hydroxyl groups excluding tert-OH is 1. The molecule has 0 bridgehead atoms. The fourth-order valence-electron chi connectivity index (χ4n) is 2.02. The van der Waals surface area contributed by atoms with Gasteiger partial charge in [0.1, 0.15) is 6.04 Å².